The van der Waals surface area contributed by atoms with E-state index < -0.39 is 5.54 Å². The fraction of sp³-hybridized carbons (Fsp3) is 0.143. The summed E-state index contributed by atoms with van der Waals surface area (Å²) in [6.07, 6.45) is 2.08. The molecule has 202 valence electrons. The summed E-state index contributed by atoms with van der Waals surface area (Å²) in [6.45, 7) is 0. The maximum Gasteiger partial charge on any atom is 0.182 e. The molecule has 6 nitrogen and oxygen atoms in total. The minimum atomic E-state index is -0.847. The van der Waals surface area contributed by atoms with Gasteiger partial charge in [-0.25, -0.2) is 9.67 Å². The first kappa shape index (κ1) is 26.1. The molecule has 0 unspecified atom stereocenters. The number of aromatic nitrogens is 4. The molecule has 6 aromatic rings. The molecule has 0 aliphatic rings. The largest absolute Gasteiger partial charge is 0.373 e. The van der Waals surface area contributed by atoms with E-state index in [1.807, 2.05) is 54.2 Å². The summed E-state index contributed by atoms with van der Waals surface area (Å²) in [5.74, 6) is 0.662. The molecule has 0 bridgehead atoms. The molecule has 0 radical (unpaired) electrons. The number of carbonyl (C=O) groups is 1. The Labute approximate surface area is 239 Å². The van der Waals surface area contributed by atoms with Crippen molar-refractivity contribution in [1.29, 1.82) is 0 Å². The number of anilines is 1. The lowest BCUT2D eigenvalue weighted by Crippen LogP contribution is -2.39. The Kier molecular flexibility index (Phi) is 7.37. The van der Waals surface area contributed by atoms with Crippen LogP contribution in [0.2, 0.25) is 0 Å². The number of carbonyl (C=O) groups excluding carboxylic acids is 1. The summed E-state index contributed by atoms with van der Waals surface area (Å²) in [6, 6.07) is 43.5. The van der Waals surface area contributed by atoms with Gasteiger partial charge in [-0.15, -0.1) is 5.10 Å². The lowest BCUT2D eigenvalue weighted by atomic mass is 9.77. The van der Waals surface area contributed by atoms with Crippen molar-refractivity contribution in [3.05, 3.63) is 155 Å². The van der Waals surface area contributed by atoms with E-state index in [2.05, 4.69) is 90.2 Å². The molecule has 2 aromatic heterocycles. The molecular formula is C35H31N5O. The van der Waals surface area contributed by atoms with Gasteiger partial charge in [0, 0.05) is 19.4 Å². The second-order valence-electron chi connectivity index (χ2n) is 10.0. The Morgan fingerprint density at radius 3 is 1.78 bits per heavy atom. The number of nitrogens with one attached hydrogen (secondary N) is 1. The van der Waals surface area contributed by atoms with Gasteiger partial charge in [0.1, 0.15) is 23.2 Å². The monoisotopic (exact) mass is 537 g/mol. The van der Waals surface area contributed by atoms with Crippen LogP contribution in [-0.4, -0.2) is 33.3 Å². The van der Waals surface area contributed by atoms with Gasteiger partial charge in [0.05, 0.1) is 0 Å². The topological polar surface area (TPSA) is 72.7 Å². The third-order valence-electron chi connectivity index (χ3n) is 7.74. The number of hydrogen-bond donors (Lipinski definition) is 1. The van der Waals surface area contributed by atoms with Crippen LogP contribution in [0.25, 0.3) is 11.2 Å². The summed E-state index contributed by atoms with van der Waals surface area (Å²) in [5, 5.41) is 13.0. The van der Waals surface area contributed by atoms with Crippen molar-refractivity contribution in [2.45, 2.75) is 24.3 Å². The molecule has 6 heteroatoms. The molecule has 0 aliphatic heterocycles. The van der Waals surface area contributed by atoms with Crippen molar-refractivity contribution in [3.8, 4) is 0 Å². The van der Waals surface area contributed by atoms with E-state index in [9.17, 15) is 4.79 Å². The number of fused-ring (bicyclic) bond motifs is 1. The number of pyridine rings is 1. The lowest BCUT2D eigenvalue weighted by molar-refractivity contribution is -0.107. The van der Waals surface area contributed by atoms with E-state index in [1.54, 1.807) is 0 Å². The molecule has 0 saturated carbocycles. The molecule has 41 heavy (non-hydrogen) atoms. The van der Waals surface area contributed by atoms with E-state index in [0.29, 0.717) is 24.3 Å². The van der Waals surface area contributed by atoms with Crippen LogP contribution >= 0.6 is 0 Å². The second kappa shape index (κ2) is 11.6. The van der Waals surface area contributed by atoms with Crippen LogP contribution in [-0.2, 0) is 10.3 Å². The molecule has 1 atom stereocenters. The Hall–Kier alpha value is -5.10. The maximum atomic E-state index is 11.5. The highest BCUT2D eigenvalue weighted by atomic mass is 16.1. The molecule has 0 amide bonds. The number of hydrogen-bond acceptors (Lipinski definition) is 5. The molecule has 4 aromatic carbocycles. The quantitative estimate of drug-likeness (QED) is 0.153. The third-order valence-corrected chi connectivity index (χ3v) is 7.74. The zero-order valence-corrected chi connectivity index (χ0v) is 22.9. The van der Waals surface area contributed by atoms with Gasteiger partial charge in [-0.2, -0.15) is 0 Å². The zero-order valence-electron chi connectivity index (χ0n) is 22.9. The third kappa shape index (κ3) is 4.67. The van der Waals surface area contributed by atoms with Crippen molar-refractivity contribution < 1.29 is 4.79 Å². The lowest BCUT2D eigenvalue weighted by Gasteiger charge is -2.36. The van der Waals surface area contributed by atoms with Gasteiger partial charge in [0.25, 0.3) is 0 Å². The number of rotatable bonds is 10. The van der Waals surface area contributed by atoms with Crippen LogP contribution in [0.1, 0.15) is 46.6 Å². The fourth-order valence-electron chi connectivity index (χ4n) is 5.87. The van der Waals surface area contributed by atoms with Crippen LogP contribution in [0.4, 0.5) is 5.82 Å². The Balaban J connectivity index is 1.70. The highest BCUT2D eigenvalue weighted by Crippen LogP contribution is 2.43. The fourth-order valence-corrected chi connectivity index (χ4v) is 5.87. The Morgan fingerprint density at radius 2 is 1.29 bits per heavy atom. The first-order valence-electron chi connectivity index (χ1n) is 13.9. The SMILES string of the molecule is CNc1cc([C@H](CCC=O)c2ccccc2)c2nnn(C(c3ccccc3)(c3ccccc3)c3ccccc3)c2n1. The number of aldehydes is 1. The van der Waals surface area contributed by atoms with Crippen LogP contribution < -0.4 is 5.32 Å². The second-order valence-corrected chi connectivity index (χ2v) is 10.0. The van der Waals surface area contributed by atoms with Gasteiger partial charge in [-0.05, 0) is 40.3 Å². The summed E-state index contributed by atoms with van der Waals surface area (Å²) in [4.78, 5) is 16.6. The first-order chi connectivity index (χ1) is 20.3. The van der Waals surface area contributed by atoms with Gasteiger partial charge in [-0.3, -0.25) is 0 Å². The van der Waals surface area contributed by atoms with Crippen molar-refractivity contribution in [2.24, 2.45) is 0 Å². The summed E-state index contributed by atoms with van der Waals surface area (Å²) >= 11 is 0. The predicted molar refractivity (Wildman–Crippen MR) is 163 cm³/mol. The summed E-state index contributed by atoms with van der Waals surface area (Å²) < 4.78 is 1.97. The van der Waals surface area contributed by atoms with Crippen molar-refractivity contribution in [3.63, 3.8) is 0 Å². The van der Waals surface area contributed by atoms with Gasteiger partial charge < -0.3 is 10.1 Å². The average molecular weight is 538 g/mol. The smallest absolute Gasteiger partial charge is 0.182 e. The van der Waals surface area contributed by atoms with E-state index in [0.717, 1.165) is 39.6 Å². The van der Waals surface area contributed by atoms with E-state index >= 15 is 0 Å². The standard InChI is InChI=1S/C35H31N5O/c1-36-32-25-31(30(23-14-24-41)26-15-6-2-7-16-26)33-34(37-32)40(39-38-33)35(27-17-8-3-9-18-27,28-19-10-4-11-20-28)29-21-12-5-13-22-29/h2-13,15-22,24-25,30H,14,23H2,1H3,(H,36,37)/t30-/m1/s1. The molecule has 0 aliphatic carbocycles. The van der Waals surface area contributed by atoms with Crippen LogP contribution in [0, 0.1) is 0 Å². The predicted octanol–water partition coefficient (Wildman–Crippen LogP) is 6.82. The van der Waals surface area contributed by atoms with Crippen molar-refractivity contribution in [1.82, 2.24) is 20.0 Å². The molecule has 1 N–H and O–H groups in total. The van der Waals surface area contributed by atoms with Crippen LogP contribution in [0.15, 0.2) is 127 Å². The van der Waals surface area contributed by atoms with Gasteiger partial charge in [0.15, 0.2) is 5.65 Å². The van der Waals surface area contributed by atoms with Crippen LogP contribution in [0.5, 0.6) is 0 Å². The van der Waals surface area contributed by atoms with E-state index in [1.165, 1.54) is 0 Å². The van der Waals surface area contributed by atoms with Crippen molar-refractivity contribution >= 4 is 23.3 Å². The molecular weight excluding hydrogens is 506 g/mol. The zero-order chi connectivity index (χ0) is 28.1. The van der Waals surface area contributed by atoms with Gasteiger partial charge in [0.2, 0.25) is 0 Å². The van der Waals surface area contributed by atoms with Crippen molar-refractivity contribution in [2.75, 3.05) is 12.4 Å². The Bertz CT molecular complexity index is 1640. The molecule has 0 fully saturated rings. The highest BCUT2D eigenvalue weighted by molar-refractivity contribution is 5.79. The molecule has 0 spiro atoms. The summed E-state index contributed by atoms with van der Waals surface area (Å²) in [5.41, 5.74) is 5.78. The van der Waals surface area contributed by atoms with E-state index in [4.69, 9.17) is 15.3 Å². The number of nitrogens with zero attached hydrogens (tertiary/aromatic N) is 4. The molecule has 0 saturated heterocycles. The number of benzene rings is 4. The first-order valence-corrected chi connectivity index (χ1v) is 13.9. The minimum Gasteiger partial charge on any atom is -0.373 e. The Morgan fingerprint density at radius 1 is 0.780 bits per heavy atom. The summed E-state index contributed by atoms with van der Waals surface area (Å²) in [7, 11) is 1.87. The van der Waals surface area contributed by atoms with E-state index in [-0.39, 0.29) is 5.92 Å². The minimum absolute atomic E-state index is 0.0521. The maximum absolute atomic E-state index is 11.5. The molecule has 2 heterocycles. The van der Waals surface area contributed by atoms with Gasteiger partial charge >= 0.3 is 0 Å². The average Bonchev–Trinajstić information content (AvgIpc) is 3.48. The van der Waals surface area contributed by atoms with Crippen LogP contribution in [0.3, 0.4) is 0 Å². The highest BCUT2D eigenvalue weighted by Gasteiger charge is 2.41. The molecule has 6 rings (SSSR count). The van der Waals surface area contributed by atoms with Gasteiger partial charge in [-0.1, -0.05) is 127 Å². The normalized spacial score (nSPS) is 12.2.